The molecule has 1 saturated heterocycles. The van der Waals surface area contributed by atoms with Crippen LogP contribution in [0.1, 0.15) is 20.9 Å². The van der Waals surface area contributed by atoms with Gasteiger partial charge in [0.15, 0.2) is 12.3 Å². The molecule has 0 unspecified atom stereocenters. The summed E-state index contributed by atoms with van der Waals surface area (Å²) in [6.45, 7) is 2.66. The summed E-state index contributed by atoms with van der Waals surface area (Å²) in [4.78, 5) is 38.9. The summed E-state index contributed by atoms with van der Waals surface area (Å²) in [6.07, 6.45) is 1.48. The van der Waals surface area contributed by atoms with Gasteiger partial charge in [-0.3, -0.25) is 25.2 Å². The number of hydrogen-bond donors (Lipinski definition) is 3. The normalized spacial score (nSPS) is 14.7. The molecule has 0 bridgehead atoms. The molecular formula is C18H21N4O4+. The van der Waals surface area contributed by atoms with Crippen molar-refractivity contribution in [1.29, 1.82) is 0 Å². The Labute approximate surface area is 150 Å². The van der Waals surface area contributed by atoms with Crippen molar-refractivity contribution in [1.82, 2.24) is 15.8 Å². The number of carbonyl (C=O) groups is 3. The molecule has 3 amide bonds. The second kappa shape index (κ2) is 8.30. The molecule has 3 rings (SSSR count). The monoisotopic (exact) mass is 357 g/mol. The first-order valence-electron chi connectivity index (χ1n) is 8.44. The van der Waals surface area contributed by atoms with Gasteiger partial charge in [0.1, 0.15) is 0 Å². The van der Waals surface area contributed by atoms with Gasteiger partial charge >= 0.3 is 0 Å². The molecule has 1 aromatic carbocycles. The number of rotatable bonds is 4. The number of nitrogens with zero attached hydrogens (tertiary/aromatic N) is 1. The molecule has 8 nitrogen and oxygen atoms in total. The van der Waals surface area contributed by atoms with Crippen molar-refractivity contribution in [2.24, 2.45) is 0 Å². The van der Waals surface area contributed by atoms with E-state index in [0.29, 0.717) is 37.5 Å². The van der Waals surface area contributed by atoms with Gasteiger partial charge in [-0.05, 0) is 24.3 Å². The van der Waals surface area contributed by atoms with Crippen molar-refractivity contribution < 1.29 is 23.7 Å². The van der Waals surface area contributed by atoms with Crippen LogP contribution in [0.3, 0.4) is 0 Å². The number of piperazine rings is 1. The van der Waals surface area contributed by atoms with Gasteiger partial charge in [0, 0.05) is 5.56 Å². The van der Waals surface area contributed by atoms with E-state index in [-0.39, 0.29) is 24.3 Å². The van der Waals surface area contributed by atoms with Crippen LogP contribution in [0, 0.1) is 0 Å². The third-order valence-electron chi connectivity index (χ3n) is 4.25. The smallest absolute Gasteiger partial charge is 0.293 e. The van der Waals surface area contributed by atoms with Crippen LogP contribution in [0.2, 0.25) is 0 Å². The van der Waals surface area contributed by atoms with Crippen molar-refractivity contribution in [3.8, 4) is 0 Å². The quantitative estimate of drug-likeness (QED) is 0.617. The zero-order chi connectivity index (χ0) is 18.4. The van der Waals surface area contributed by atoms with Gasteiger partial charge in [-0.25, -0.2) is 0 Å². The number of nitrogens with one attached hydrogen (secondary N) is 3. The van der Waals surface area contributed by atoms with E-state index in [1.54, 1.807) is 41.3 Å². The lowest BCUT2D eigenvalue weighted by Gasteiger charge is -2.31. The van der Waals surface area contributed by atoms with Gasteiger partial charge in [-0.15, -0.1) is 0 Å². The van der Waals surface area contributed by atoms with Crippen molar-refractivity contribution >= 4 is 17.7 Å². The number of furan rings is 1. The fraction of sp³-hybridized carbons (Fsp3) is 0.278. The molecule has 0 atom stereocenters. The summed E-state index contributed by atoms with van der Waals surface area (Å²) < 4.78 is 5.13. The molecule has 3 N–H and O–H groups in total. The summed E-state index contributed by atoms with van der Waals surface area (Å²) in [7, 11) is 0. The van der Waals surface area contributed by atoms with Crippen LogP contribution < -0.4 is 15.8 Å². The molecule has 2 heterocycles. The topological polar surface area (TPSA) is 96.1 Å². The van der Waals surface area contributed by atoms with E-state index in [2.05, 4.69) is 10.9 Å². The molecule has 26 heavy (non-hydrogen) atoms. The molecule has 136 valence electrons. The largest absolute Gasteiger partial charge is 0.459 e. The van der Waals surface area contributed by atoms with Gasteiger partial charge < -0.3 is 14.2 Å². The molecule has 0 spiro atoms. The molecule has 1 aliphatic rings. The van der Waals surface area contributed by atoms with E-state index in [9.17, 15) is 14.4 Å². The lowest BCUT2D eigenvalue weighted by Crippen LogP contribution is -3.16. The number of hydrazine groups is 1. The first-order valence-corrected chi connectivity index (χ1v) is 8.44. The first kappa shape index (κ1) is 17.7. The van der Waals surface area contributed by atoms with Crippen LogP contribution in [-0.4, -0.2) is 55.3 Å². The van der Waals surface area contributed by atoms with E-state index in [1.807, 2.05) is 6.07 Å². The van der Waals surface area contributed by atoms with E-state index in [0.717, 1.165) is 4.90 Å². The molecule has 1 aromatic heterocycles. The summed E-state index contributed by atoms with van der Waals surface area (Å²) in [5.74, 6) is -0.429. The average molecular weight is 357 g/mol. The van der Waals surface area contributed by atoms with Gasteiger partial charge in [0.2, 0.25) is 0 Å². The second-order valence-corrected chi connectivity index (χ2v) is 6.06. The molecular weight excluding hydrogens is 336 g/mol. The zero-order valence-electron chi connectivity index (χ0n) is 14.2. The van der Waals surface area contributed by atoms with Crippen LogP contribution >= 0.6 is 0 Å². The van der Waals surface area contributed by atoms with E-state index in [4.69, 9.17) is 4.42 Å². The lowest BCUT2D eigenvalue weighted by atomic mass is 10.2. The Bertz CT molecular complexity index is 753. The van der Waals surface area contributed by atoms with Crippen molar-refractivity contribution in [3.63, 3.8) is 0 Å². The highest BCUT2D eigenvalue weighted by Gasteiger charge is 2.27. The van der Waals surface area contributed by atoms with Crippen LogP contribution in [0.5, 0.6) is 0 Å². The lowest BCUT2D eigenvalue weighted by molar-refractivity contribution is -0.896. The van der Waals surface area contributed by atoms with Crippen LogP contribution in [0.4, 0.5) is 0 Å². The van der Waals surface area contributed by atoms with Crippen molar-refractivity contribution in [2.75, 3.05) is 32.7 Å². The highest BCUT2D eigenvalue weighted by molar-refractivity contribution is 5.95. The highest BCUT2D eigenvalue weighted by Crippen LogP contribution is 2.05. The maximum Gasteiger partial charge on any atom is 0.293 e. The third-order valence-corrected chi connectivity index (χ3v) is 4.25. The number of benzene rings is 1. The summed E-state index contributed by atoms with van der Waals surface area (Å²) in [5.41, 5.74) is 5.31. The third kappa shape index (κ3) is 4.48. The zero-order valence-corrected chi connectivity index (χ0v) is 14.2. The van der Waals surface area contributed by atoms with Gasteiger partial charge in [0.05, 0.1) is 32.4 Å². The van der Waals surface area contributed by atoms with Crippen molar-refractivity contribution in [2.45, 2.75) is 0 Å². The fourth-order valence-corrected chi connectivity index (χ4v) is 2.82. The Morgan fingerprint density at radius 1 is 1.00 bits per heavy atom. The summed E-state index contributed by atoms with van der Waals surface area (Å²) >= 11 is 0. The Morgan fingerprint density at radius 2 is 1.73 bits per heavy atom. The van der Waals surface area contributed by atoms with E-state index in [1.165, 1.54) is 6.26 Å². The number of quaternary nitrogens is 1. The Kier molecular flexibility index (Phi) is 5.65. The number of hydrogen-bond acceptors (Lipinski definition) is 4. The molecule has 0 aliphatic carbocycles. The standard InChI is InChI=1S/C18H20N4O4/c23-16(19-20-17(24)14-5-2-1-3-6-14)13-21-8-10-22(11-9-21)18(25)15-7-4-12-26-15/h1-7,12H,8-11,13H2,(H,19,23)(H,20,24)/p+1. The molecule has 2 aromatic rings. The predicted molar refractivity (Wildman–Crippen MR) is 92.2 cm³/mol. The fourth-order valence-electron chi connectivity index (χ4n) is 2.82. The van der Waals surface area contributed by atoms with Crippen LogP contribution in [0.25, 0.3) is 0 Å². The Morgan fingerprint density at radius 3 is 2.38 bits per heavy atom. The molecule has 0 saturated carbocycles. The maximum absolute atomic E-state index is 12.2. The molecule has 0 radical (unpaired) electrons. The first-order chi connectivity index (χ1) is 12.6. The van der Waals surface area contributed by atoms with E-state index < -0.39 is 0 Å². The Hall–Kier alpha value is -3.13. The van der Waals surface area contributed by atoms with Crippen LogP contribution in [0.15, 0.2) is 53.1 Å². The minimum absolute atomic E-state index is 0.131. The highest BCUT2D eigenvalue weighted by atomic mass is 16.3. The van der Waals surface area contributed by atoms with Crippen molar-refractivity contribution in [3.05, 3.63) is 60.1 Å². The molecule has 1 aliphatic heterocycles. The Balaban J connectivity index is 1.39. The summed E-state index contributed by atoms with van der Waals surface area (Å²) in [5, 5.41) is 0. The minimum Gasteiger partial charge on any atom is -0.459 e. The van der Waals surface area contributed by atoms with Gasteiger partial charge in [-0.2, -0.15) is 0 Å². The van der Waals surface area contributed by atoms with Gasteiger partial charge in [-0.1, -0.05) is 18.2 Å². The summed E-state index contributed by atoms with van der Waals surface area (Å²) in [6, 6.07) is 12.0. The number of amides is 3. The van der Waals surface area contributed by atoms with Crippen LogP contribution in [-0.2, 0) is 4.79 Å². The minimum atomic E-state index is -0.359. The predicted octanol–water partition coefficient (Wildman–Crippen LogP) is -0.918. The maximum atomic E-state index is 12.2. The molecule has 1 fully saturated rings. The number of carbonyl (C=O) groups excluding carboxylic acids is 3. The SMILES string of the molecule is O=C(C[NH+]1CCN(C(=O)c2ccco2)CC1)NNC(=O)c1ccccc1. The second-order valence-electron chi connectivity index (χ2n) is 6.06. The molecule has 8 heteroatoms. The van der Waals surface area contributed by atoms with Gasteiger partial charge in [0.25, 0.3) is 17.7 Å². The van der Waals surface area contributed by atoms with E-state index >= 15 is 0 Å². The average Bonchev–Trinajstić information content (AvgIpc) is 3.21.